The van der Waals surface area contributed by atoms with Crippen molar-refractivity contribution in [3.8, 4) is 0 Å². The third-order valence-corrected chi connectivity index (χ3v) is 3.13. The molecule has 0 aliphatic carbocycles. The summed E-state index contributed by atoms with van der Waals surface area (Å²) in [6, 6.07) is 0. The van der Waals surface area contributed by atoms with E-state index in [0.717, 1.165) is 0 Å². The summed E-state index contributed by atoms with van der Waals surface area (Å²) in [5, 5.41) is 18.7. The van der Waals surface area contributed by atoms with E-state index >= 15 is 0 Å². The monoisotopic (exact) mass is 262 g/mol. The predicted molar refractivity (Wildman–Crippen MR) is 61.8 cm³/mol. The molecular weight excluding hydrogens is 240 g/mol. The Morgan fingerprint density at radius 1 is 0.722 bits per heavy atom. The van der Waals surface area contributed by atoms with Crippen LogP contribution in [0.3, 0.4) is 0 Å². The van der Waals surface area contributed by atoms with Gasteiger partial charge in [0, 0.05) is 0 Å². The Balaban J connectivity index is 2.15. The molecule has 106 valence electrons. The van der Waals surface area contributed by atoms with Crippen molar-refractivity contribution in [1.29, 1.82) is 0 Å². The highest BCUT2D eigenvalue weighted by Crippen LogP contribution is 2.38. The molecule has 6 heteroatoms. The lowest BCUT2D eigenvalue weighted by atomic mass is 10.0. The number of aliphatic hydroxyl groups excluding tert-OH is 2. The molecular formula is C12H22O6. The third kappa shape index (κ3) is 2.68. The van der Waals surface area contributed by atoms with Crippen molar-refractivity contribution < 1.29 is 29.2 Å². The van der Waals surface area contributed by atoms with Gasteiger partial charge in [-0.05, 0) is 27.7 Å². The molecule has 0 aromatic heterocycles. The molecule has 2 heterocycles. The number of ether oxygens (including phenoxy) is 4. The summed E-state index contributed by atoms with van der Waals surface area (Å²) in [6.45, 7) is 6.81. The van der Waals surface area contributed by atoms with Gasteiger partial charge in [0.2, 0.25) is 0 Å². The molecule has 18 heavy (non-hydrogen) atoms. The van der Waals surface area contributed by atoms with Gasteiger partial charge in [0.15, 0.2) is 11.6 Å². The Morgan fingerprint density at radius 2 is 1.06 bits per heavy atom. The molecule has 2 unspecified atom stereocenters. The molecule has 2 rings (SSSR count). The second kappa shape index (κ2) is 4.70. The van der Waals surface area contributed by atoms with E-state index in [9.17, 15) is 10.2 Å². The van der Waals surface area contributed by atoms with Crippen LogP contribution in [0.25, 0.3) is 0 Å². The molecule has 2 aliphatic heterocycles. The lowest BCUT2D eigenvalue weighted by Gasteiger charge is -2.24. The van der Waals surface area contributed by atoms with Crippen LogP contribution in [-0.2, 0) is 18.9 Å². The fraction of sp³-hybridized carbons (Fsp3) is 1.00. The first-order valence-electron chi connectivity index (χ1n) is 6.21. The van der Waals surface area contributed by atoms with E-state index in [4.69, 9.17) is 18.9 Å². The third-order valence-electron chi connectivity index (χ3n) is 3.13. The summed E-state index contributed by atoms with van der Waals surface area (Å²) in [5.74, 6) is -1.54. The minimum Gasteiger partial charge on any atom is -0.394 e. The Bertz CT molecular complexity index is 273. The van der Waals surface area contributed by atoms with Gasteiger partial charge in [0.25, 0.3) is 0 Å². The van der Waals surface area contributed by atoms with Crippen LogP contribution in [0.5, 0.6) is 0 Å². The zero-order chi connectivity index (χ0) is 13.6. The first kappa shape index (κ1) is 14.2. The van der Waals surface area contributed by atoms with Crippen molar-refractivity contribution >= 4 is 0 Å². The normalized spacial score (nSPS) is 42.3. The lowest BCUT2D eigenvalue weighted by molar-refractivity contribution is -0.175. The van der Waals surface area contributed by atoms with Gasteiger partial charge in [-0.15, -0.1) is 0 Å². The molecule has 0 saturated carbocycles. The van der Waals surface area contributed by atoms with Crippen molar-refractivity contribution in [1.82, 2.24) is 0 Å². The Kier molecular flexibility index (Phi) is 3.70. The predicted octanol–water partition coefficient (Wildman–Crippen LogP) is 0.0112. The van der Waals surface area contributed by atoms with E-state index in [0.29, 0.717) is 0 Å². The quantitative estimate of drug-likeness (QED) is 0.746. The van der Waals surface area contributed by atoms with Gasteiger partial charge < -0.3 is 29.2 Å². The molecule has 0 aromatic rings. The molecule has 2 saturated heterocycles. The average Bonchev–Trinajstić information content (AvgIpc) is 2.74. The highest BCUT2D eigenvalue weighted by Gasteiger charge is 2.53. The van der Waals surface area contributed by atoms with E-state index in [1.165, 1.54) is 0 Å². The number of hydrogen-bond donors (Lipinski definition) is 2. The first-order chi connectivity index (χ1) is 8.28. The molecule has 6 nitrogen and oxygen atoms in total. The summed E-state index contributed by atoms with van der Waals surface area (Å²) >= 11 is 0. The molecule has 2 N–H and O–H groups in total. The van der Waals surface area contributed by atoms with Gasteiger partial charge in [0.05, 0.1) is 13.2 Å². The van der Waals surface area contributed by atoms with Crippen LogP contribution in [0.4, 0.5) is 0 Å². The minimum atomic E-state index is -0.770. The lowest BCUT2D eigenvalue weighted by Crippen LogP contribution is -2.44. The van der Waals surface area contributed by atoms with E-state index in [1.807, 2.05) is 0 Å². The van der Waals surface area contributed by atoms with Gasteiger partial charge in [-0.1, -0.05) is 0 Å². The highest BCUT2D eigenvalue weighted by molar-refractivity contribution is 4.94. The maximum atomic E-state index is 9.35. The van der Waals surface area contributed by atoms with Gasteiger partial charge in [-0.2, -0.15) is 0 Å². The molecule has 4 atom stereocenters. The summed E-state index contributed by atoms with van der Waals surface area (Å²) in [4.78, 5) is 0. The second-order valence-electron chi connectivity index (χ2n) is 5.64. The summed E-state index contributed by atoms with van der Waals surface area (Å²) in [7, 11) is 0. The topological polar surface area (TPSA) is 77.4 Å². The van der Waals surface area contributed by atoms with Crippen molar-refractivity contribution in [3.63, 3.8) is 0 Å². The van der Waals surface area contributed by atoms with E-state index in [2.05, 4.69) is 0 Å². The Morgan fingerprint density at radius 3 is 1.33 bits per heavy atom. The van der Waals surface area contributed by atoms with Crippen molar-refractivity contribution in [2.24, 2.45) is 0 Å². The Hall–Kier alpha value is -0.240. The summed E-state index contributed by atoms with van der Waals surface area (Å²) < 4.78 is 22.7. The number of rotatable bonds is 3. The zero-order valence-corrected chi connectivity index (χ0v) is 11.3. The van der Waals surface area contributed by atoms with E-state index < -0.39 is 36.0 Å². The van der Waals surface area contributed by atoms with Crippen LogP contribution in [-0.4, -0.2) is 59.4 Å². The van der Waals surface area contributed by atoms with Crippen LogP contribution in [0, 0.1) is 0 Å². The van der Waals surface area contributed by atoms with Gasteiger partial charge in [-0.3, -0.25) is 0 Å². The maximum Gasteiger partial charge on any atom is 0.164 e. The molecule has 0 amide bonds. The second-order valence-corrected chi connectivity index (χ2v) is 5.64. The molecule has 2 fully saturated rings. The number of hydrogen-bond acceptors (Lipinski definition) is 6. The highest BCUT2D eigenvalue weighted by atomic mass is 16.8. The fourth-order valence-electron chi connectivity index (χ4n) is 2.57. The van der Waals surface area contributed by atoms with Crippen LogP contribution in [0.2, 0.25) is 0 Å². The SMILES string of the molecule is CC1(C)OC(CO)[C@H]([C@@H]2OC(C)(C)OC2CO)O1. The van der Waals surface area contributed by atoms with E-state index in [-0.39, 0.29) is 13.2 Å². The van der Waals surface area contributed by atoms with E-state index in [1.54, 1.807) is 27.7 Å². The van der Waals surface area contributed by atoms with Crippen molar-refractivity contribution in [3.05, 3.63) is 0 Å². The molecule has 2 aliphatic rings. The average molecular weight is 262 g/mol. The molecule has 0 radical (unpaired) electrons. The Labute approximate surface area is 107 Å². The summed E-state index contributed by atoms with van der Waals surface area (Å²) in [5.41, 5.74) is 0. The van der Waals surface area contributed by atoms with Crippen LogP contribution in [0.1, 0.15) is 27.7 Å². The zero-order valence-electron chi connectivity index (χ0n) is 11.3. The van der Waals surface area contributed by atoms with Gasteiger partial charge in [0.1, 0.15) is 24.4 Å². The molecule has 0 aromatic carbocycles. The van der Waals surface area contributed by atoms with Gasteiger partial charge >= 0.3 is 0 Å². The number of aliphatic hydroxyl groups is 2. The molecule has 0 bridgehead atoms. The van der Waals surface area contributed by atoms with Crippen LogP contribution < -0.4 is 0 Å². The van der Waals surface area contributed by atoms with Crippen molar-refractivity contribution in [2.45, 2.75) is 63.7 Å². The summed E-state index contributed by atoms with van der Waals surface area (Å²) in [6.07, 6.45) is -1.86. The van der Waals surface area contributed by atoms with Crippen LogP contribution in [0.15, 0.2) is 0 Å². The first-order valence-corrected chi connectivity index (χ1v) is 6.21. The van der Waals surface area contributed by atoms with Crippen molar-refractivity contribution in [2.75, 3.05) is 13.2 Å². The standard InChI is InChI=1S/C12H22O6/c1-11(2)15-7(5-13)9(17-11)10-8(6-14)16-12(3,4)18-10/h7-10,13-14H,5-6H2,1-4H3/t7?,8?,9-,10-/m1/s1. The van der Waals surface area contributed by atoms with Gasteiger partial charge in [-0.25, -0.2) is 0 Å². The largest absolute Gasteiger partial charge is 0.394 e. The maximum absolute atomic E-state index is 9.35. The van der Waals surface area contributed by atoms with Crippen LogP contribution >= 0.6 is 0 Å². The fourth-order valence-corrected chi connectivity index (χ4v) is 2.57. The molecule has 0 spiro atoms. The minimum absolute atomic E-state index is 0.160. The smallest absolute Gasteiger partial charge is 0.164 e.